The van der Waals surface area contributed by atoms with Gasteiger partial charge in [0.2, 0.25) is 0 Å². The van der Waals surface area contributed by atoms with E-state index in [0.29, 0.717) is 18.2 Å². The van der Waals surface area contributed by atoms with Gasteiger partial charge in [0, 0.05) is 26.1 Å². The highest BCUT2D eigenvalue weighted by Gasteiger charge is 2.19. The van der Waals surface area contributed by atoms with E-state index in [2.05, 4.69) is 10.1 Å². The van der Waals surface area contributed by atoms with E-state index in [0.717, 1.165) is 26.1 Å². The van der Waals surface area contributed by atoms with Gasteiger partial charge >= 0.3 is 0 Å². The number of hydrogen-bond donors (Lipinski definition) is 3. The number of nitrogens with two attached hydrogens (primary N) is 1. The first kappa shape index (κ1) is 12.3. The maximum atomic E-state index is 8.87. The number of likely N-dealkylation sites (tertiary alicyclic amines) is 1. The highest BCUT2D eigenvalue weighted by atomic mass is 16.4. The Morgan fingerprint density at radius 1 is 1.53 bits per heavy atom. The average molecular weight is 215 g/mol. The van der Waals surface area contributed by atoms with Gasteiger partial charge in [0.05, 0.1) is 0 Å². The minimum absolute atomic E-state index is 0.277. The minimum atomic E-state index is 0.277. The fraction of sp³-hybridized carbons (Fsp3) is 0.900. The van der Waals surface area contributed by atoms with Crippen molar-refractivity contribution in [2.75, 3.05) is 26.2 Å². The summed E-state index contributed by atoms with van der Waals surface area (Å²) in [4.78, 5) is 2.32. The molecule has 5 heteroatoms. The SMILES string of the molecule is NC(CCN1CCCC(CCO)C1)=NO. The van der Waals surface area contributed by atoms with Crippen LogP contribution in [0.1, 0.15) is 25.7 Å². The first-order valence-electron chi connectivity index (χ1n) is 5.56. The molecule has 1 rings (SSSR count). The van der Waals surface area contributed by atoms with Gasteiger partial charge < -0.3 is 20.9 Å². The summed E-state index contributed by atoms with van der Waals surface area (Å²) in [5.74, 6) is 0.898. The Kier molecular flexibility index (Phi) is 5.42. The Morgan fingerprint density at radius 2 is 2.33 bits per heavy atom. The molecule has 1 heterocycles. The first-order valence-corrected chi connectivity index (χ1v) is 5.56. The lowest BCUT2D eigenvalue weighted by Gasteiger charge is -2.32. The van der Waals surface area contributed by atoms with Gasteiger partial charge in [-0.1, -0.05) is 5.16 Å². The molecule has 4 N–H and O–H groups in total. The normalized spacial score (nSPS) is 24.3. The number of amidine groups is 1. The summed E-state index contributed by atoms with van der Waals surface area (Å²) in [6, 6.07) is 0. The summed E-state index contributed by atoms with van der Waals surface area (Å²) in [5, 5.41) is 20.2. The van der Waals surface area contributed by atoms with Crippen LogP contribution in [0.15, 0.2) is 5.16 Å². The predicted octanol–water partition coefficient (Wildman–Crippen LogP) is 0.217. The quantitative estimate of drug-likeness (QED) is 0.265. The second-order valence-electron chi connectivity index (χ2n) is 4.16. The van der Waals surface area contributed by atoms with Crippen molar-refractivity contribution in [1.29, 1.82) is 0 Å². The zero-order valence-corrected chi connectivity index (χ0v) is 9.10. The maximum absolute atomic E-state index is 8.87. The van der Waals surface area contributed by atoms with Gasteiger partial charge in [0.15, 0.2) is 0 Å². The fourth-order valence-electron chi connectivity index (χ4n) is 2.10. The molecule has 0 aromatic rings. The van der Waals surface area contributed by atoms with Crippen LogP contribution in [0.5, 0.6) is 0 Å². The van der Waals surface area contributed by atoms with Crippen molar-refractivity contribution in [2.24, 2.45) is 16.8 Å². The molecular weight excluding hydrogens is 194 g/mol. The molecule has 0 saturated carbocycles. The molecule has 1 fully saturated rings. The zero-order chi connectivity index (χ0) is 11.1. The van der Waals surface area contributed by atoms with Gasteiger partial charge in [-0.05, 0) is 31.7 Å². The molecule has 1 aliphatic rings. The van der Waals surface area contributed by atoms with E-state index >= 15 is 0 Å². The van der Waals surface area contributed by atoms with Crippen LogP contribution < -0.4 is 5.73 Å². The molecule has 1 saturated heterocycles. The molecule has 0 spiro atoms. The fourth-order valence-corrected chi connectivity index (χ4v) is 2.10. The summed E-state index contributed by atoms with van der Waals surface area (Å²) < 4.78 is 0. The topological polar surface area (TPSA) is 82.1 Å². The van der Waals surface area contributed by atoms with Crippen LogP contribution in [0.3, 0.4) is 0 Å². The summed E-state index contributed by atoms with van der Waals surface area (Å²) >= 11 is 0. The van der Waals surface area contributed by atoms with Crippen molar-refractivity contribution >= 4 is 5.84 Å². The highest BCUT2D eigenvalue weighted by molar-refractivity contribution is 5.79. The Morgan fingerprint density at radius 3 is 3.00 bits per heavy atom. The van der Waals surface area contributed by atoms with E-state index in [9.17, 15) is 0 Å². The van der Waals surface area contributed by atoms with E-state index in [4.69, 9.17) is 16.0 Å². The van der Waals surface area contributed by atoms with Gasteiger partial charge in [0.1, 0.15) is 5.84 Å². The summed E-state index contributed by atoms with van der Waals surface area (Å²) in [7, 11) is 0. The summed E-state index contributed by atoms with van der Waals surface area (Å²) in [6.07, 6.45) is 3.89. The number of nitrogens with zero attached hydrogens (tertiary/aromatic N) is 2. The number of hydrogen-bond acceptors (Lipinski definition) is 4. The number of oxime groups is 1. The van der Waals surface area contributed by atoms with E-state index in [1.165, 1.54) is 12.8 Å². The lowest BCUT2D eigenvalue weighted by molar-refractivity contribution is 0.150. The van der Waals surface area contributed by atoms with Crippen molar-refractivity contribution in [3.05, 3.63) is 0 Å². The lowest BCUT2D eigenvalue weighted by Crippen LogP contribution is -2.37. The third-order valence-electron chi connectivity index (χ3n) is 2.95. The van der Waals surface area contributed by atoms with Crippen molar-refractivity contribution in [3.8, 4) is 0 Å². The Bertz CT molecular complexity index is 207. The average Bonchev–Trinajstić information content (AvgIpc) is 2.27. The van der Waals surface area contributed by atoms with E-state index in [-0.39, 0.29) is 6.61 Å². The van der Waals surface area contributed by atoms with Gasteiger partial charge in [0.25, 0.3) is 0 Å². The maximum Gasteiger partial charge on any atom is 0.140 e. The zero-order valence-electron chi connectivity index (χ0n) is 9.10. The number of piperidine rings is 1. The summed E-state index contributed by atoms with van der Waals surface area (Å²) in [6.45, 7) is 3.23. The first-order chi connectivity index (χ1) is 7.26. The van der Waals surface area contributed by atoms with Gasteiger partial charge in [-0.25, -0.2) is 0 Å². The van der Waals surface area contributed by atoms with E-state index in [1.807, 2.05) is 0 Å². The molecule has 0 amide bonds. The third-order valence-corrected chi connectivity index (χ3v) is 2.95. The standard InChI is InChI=1S/C10H21N3O2/c11-10(12-15)3-6-13-5-1-2-9(8-13)4-7-14/h9,14-15H,1-8H2,(H2,11,12). The Labute approximate surface area is 90.6 Å². The molecule has 88 valence electrons. The molecule has 1 unspecified atom stereocenters. The Hall–Kier alpha value is -0.810. The van der Waals surface area contributed by atoms with Crippen LogP contribution in [-0.2, 0) is 0 Å². The largest absolute Gasteiger partial charge is 0.409 e. The Balaban J connectivity index is 2.24. The van der Waals surface area contributed by atoms with Crippen molar-refractivity contribution < 1.29 is 10.3 Å². The molecule has 0 aromatic carbocycles. The van der Waals surface area contributed by atoms with Crippen LogP contribution in [0.4, 0.5) is 0 Å². The van der Waals surface area contributed by atoms with Gasteiger partial charge in [-0.15, -0.1) is 0 Å². The van der Waals surface area contributed by atoms with Gasteiger partial charge in [-0.3, -0.25) is 0 Å². The monoisotopic (exact) mass is 215 g/mol. The smallest absolute Gasteiger partial charge is 0.140 e. The second kappa shape index (κ2) is 6.63. The van der Waals surface area contributed by atoms with Crippen molar-refractivity contribution in [1.82, 2.24) is 4.90 Å². The third kappa shape index (κ3) is 4.48. The van der Waals surface area contributed by atoms with E-state index in [1.54, 1.807) is 0 Å². The van der Waals surface area contributed by atoms with Crippen LogP contribution in [0.2, 0.25) is 0 Å². The number of aliphatic hydroxyl groups excluding tert-OH is 1. The molecule has 0 aliphatic carbocycles. The van der Waals surface area contributed by atoms with Crippen LogP contribution in [0, 0.1) is 5.92 Å². The van der Waals surface area contributed by atoms with Crippen LogP contribution in [0.25, 0.3) is 0 Å². The summed E-state index contributed by atoms with van der Waals surface area (Å²) in [5.41, 5.74) is 5.42. The van der Waals surface area contributed by atoms with Crippen LogP contribution in [-0.4, -0.2) is 47.3 Å². The lowest BCUT2D eigenvalue weighted by atomic mass is 9.95. The predicted molar refractivity (Wildman–Crippen MR) is 58.9 cm³/mol. The molecule has 0 bridgehead atoms. The molecule has 1 atom stereocenters. The molecule has 0 radical (unpaired) electrons. The van der Waals surface area contributed by atoms with Crippen molar-refractivity contribution in [2.45, 2.75) is 25.7 Å². The van der Waals surface area contributed by atoms with Crippen molar-refractivity contribution in [3.63, 3.8) is 0 Å². The van der Waals surface area contributed by atoms with Gasteiger partial charge in [-0.2, -0.15) is 0 Å². The minimum Gasteiger partial charge on any atom is -0.409 e. The van der Waals surface area contributed by atoms with Crippen LogP contribution >= 0.6 is 0 Å². The number of aliphatic hydroxyl groups is 1. The second-order valence-corrected chi connectivity index (χ2v) is 4.16. The highest BCUT2D eigenvalue weighted by Crippen LogP contribution is 2.19. The molecule has 15 heavy (non-hydrogen) atoms. The van der Waals surface area contributed by atoms with E-state index < -0.39 is 0 Å². The molecular formula is C10H21N3O2. The molecule has 1 aliphatic heterocycles. The number of rotatable bonds is 5. The molecule has 5 nitrogen and oxygen atoms in total. The molecule has 0 aromatic heterocycles.